The average Bonchev–Trinajstić information content (AvgIpc) is 3.25. The highest BCUT2D eigenvalue weighted by molar-refractivity contribution is 8.07. The Balaban J connectivity index is 1.60. The molecule has 0 bridgehead atoms. The molecule has 0 spiro atoms. The largest absolute Gasteiger partial charge is 0.355 e. The fraction of sp³-hybridized carbons (Fsp3) is 0.348. The lowest BCUT2D eigenvalue weighted by Gasteiger charge is -2.41. The first-order valence-corrected chi connectivity index (χ1v) is 11.6. The van der Waals surface area contributed by atoms with Gasteiger partial charge in [-0.05, 0) is 48.1 Å². The Morgan fingerprint density at radius 3 is 2.81 bits per heavy atom. The van der Waals surface area contributed by atoms with Gasteiger partial charge in [0.15, 0.2) is 11.5 Å². The molecule has 1 fully saturated rings. The third-order valence-corrected chi connectivity index (χ3v) is 6.53. The summed E-state index contributed by atoms with van der Waals surface area (Å²) in [6.07, 6.45) is 4.38. The summed E-state index contributed by atoms with van der Waals surface area (Å²) in [6, 6.07) is 6.35. The molecule has 2 aliphatic rings. The number of hydrogen-bond donors (Lipinski definition) is 1. The maximum Gasteiger partial charge on any atom is 0.276 e. The zero-order valence-electron chi connectivity index (χ0n) is 17.6. The molecule has 6 nitrogen and oxygen atoms in total. The number of amides is 2. The van der Waals surface area contributed by atoms with E-state index in [0.29, 0.717) is 28.7 Å². The first-order valence-electron chi connectivity index (χ1n) is 10.4. The number of rotatable bonds is 5. The van der Waals surface area contributed by atoms with E-state index in [1.807, 2.05) is 31.4 Å². The lowest BCUT2D eigenvalue weighted by Crippen LogP contribution is -2.63. The van der Waals surface area contributed by atoms with Gasteiger partial charge >= 0.3 is 0 Å². The van der Waals surface area contributed by atoms with Crippen LogP contribution in [0.15, 0.2) is 56.8 Å². The minimum atomic E-state index is -0.605. The number of aromatic nitrogens is 1. The number of halogens is 2. The van der Waals surface area contributed by atoms with Crippen LogP contribution in [0.25, 0.3) is 11.3 Å². The molecule has 3 atom stereocenters. The van der Waals surface area contributed by atoms with Crippen LogP contribution in [0.4, 0.5) is 4.39 Å². The van der Waals surface area contributed by atoms with Crippen LogP contribution >= 0.6 is 23.4 Å². The summed E-state index contributed by atoms with van der Waals surface area (Å²) in [6.45, 7) is 4.34. The Hall–Kier alpha value is -2.58. The van der Waals surface area contributed by atoms with E-state index in [2.05, 4.69) is 10.5 Å². The van der Waals surface area contributed by atoms with E-state index in [1.165, 1.54) is 30.0 Å². The SMILES string of the molecule is CC(C)CC1C(=O)NC(C2C=CSC(Cl)=C2)CN1C(=O)c1cc(-c2ccc(F)cc2)on1. The monoisotopic (exact) mass is 475 g/mol. The number of piperazine rings is 1. The smallest absolute Gasteiger partial charge is 0.276 e. The summed E-state index contributed by atoms with van der Waals surface area (Å²) < 4.78 is 19.2. The minimum absolute atomic E-state index is 0.106. The summed E-state index contributed by atoms with van der Waals surface area (Å²) in [5.41, 5.74) is 0.713. The predicted octanol–water partition coefficient (Wildman–Crippen LogP) is 4.79. The Bertz CT molecular complexity index is 1070. The number of hydrogen-bond acceptors (Lipinski definition) is 5. The Morgan fingerprint density at radius 2 is 2.12 bits per heavy atom. The van der Waals surface area contributed by atoms with Crippen LogP contribution in [0.3, 0.4) is 0 Å². The van der Waals surface area contributed by atoms with Crippen molar-refractivity contribution >= 4 is 35.2 Å². The lowest BCUT2D eigenvalue weighted by atomic mass is 9.92. The van der Waals surface area contributed by atoms with Gasteiger partial charge in [0, 0.05) is 24.1 Å². The zero-order valence-corrected chi connectivity index (χ0v) is 19.2. The number of nitrogens with one attached hydrogen (secondary N) is 1. The van der Waals surface area contributed by atoms with Crippen molar-refractivity contribution in [2.45, 2.75) is 32.4 Å². The van der Waals surface area contributed by atoms with E-state index in [4.69, 9.17) is 16.1 Å². The van der Waals surface area contributed by atoms with Crippen LogP contribution in [-0.4, -0.2) is 40.5 Å². The second-order valence-electron chi connectivity index (χ2n) is 8.30. The van der Waals surface area contributed by atoms with Gasteiger partial charge in [0.2, 0.25) is 5.91 Å². The molecule has 9 heteroatoms. The summed E-state index contributed by atoms with van der Waals surface area (Å²) >= 11 is 7.57. The normalized spacial score (nSPS) is 23.3. The molecule has 2 aromatic rings. The van der Waals surface area contributed by atoms with Crippen LogP contribution in [0.2, 0.25) is 0 Å². The standard InChI is InChI=1S/C23H23ClFN3O3S/c1-13(2)9-19-22(29)26-18(15-7-8-32-21(24)10-15)12-28(19)23(30)17-11-20(31-27-17)14-3-5-16(25)6-4-14/h3-8,10-11,13,15,18-19H,9,12H2,1-2H3,(H,26,29). The predicted molar refractivity (Wildman–Crippen MR) is 122 cm³/mol. The molecular formula is C23H23ClFN3O3S. The summed E-state index contributed by atoms with van der Waals surface area (Å²) in [5, 5.41) is 8.88. The highest BCUT2D eigenvalue weighted by Gasteiger charge is 2.40. The second kappa shape index (κ2) is 9.50. The van der Waals surface area contributed by atoms with Gasteiger partial charge in [0.05, 0.1) is 10.4 Å². The molecule has 3 unspecified atom stereocenters. The molecule has 2 aliphatic heterocycles. The molecule has 1 aromatic heterocycles. The van der Waals surface area contributed by atoms with Gasteiger partial charge in [0.1, 0.15) is 11.9 Å². The van der Waals surface area contributed by atoms with Crippen LogP contribution in [0, 0.1) is 17.7 Å². The molecule has 0 aliphatic carbocycles. The van der Waals surface area contributed by atoms with Gasteiger partial charge in [-0.2, -0.15) is 0 Å². The highest BCUT2D eigenvalue weighted by atomic mass is 35.5. The number of benzene rings is 1. The van der Waals surface area contributed by atoms with E-state index in [0.717, 1.165) is 0 Å². The van der Waals surface area contributed by atoms with Crippen molar-refractivity contribution in [2.75, 3.05) is 6.54 Å². The first-order chi connectivity index (χ1) is 15.3. The van der Waals surface area contributed by atoms with Crippen molar-refractivity contribution in [2.24, 2.45) is 11.8 Å². The molecular weight excluding hydrogens is 453 g/mol. The first kappa shape index (κ1) is 22.6. The van der Waals surface area contributed by atoms with Crippen molar-refractivity contribution in [1.29, 1.82) is 0 Å². The van der Waals surface area contributed by atoms with E-state index in [9.17, 15) is 14.0 Å². The molecule has 32 heavy (non-hydrogen) atoms. The molecule has 2 amide bonds. The van der Waals surface area contributed by atoms with Crippen molar-refractivity contribution < 1.29 is 18.5 Å². The number of carbonyl (C=O) groups is 2. The van der Waals surface area contributed by atoms with E-state index < -0.39 is 6.04 Å². The van der Waals surface area contributed by atoms with Gasteiger partial charge in [-0.3, -0.25) is 9.59 Å². The van der Waals surface area contributed by atoms with E-state index in [-0.39, 0.29) is 41.2 Å². The molecule has 0 radical (unpaired) electrons. The number of thioether (sulfide) groups is 1. The fourth-order valence-electron chi connectivity index (χ4n) is 3.89. The molecule has 1 saturated heterocycles. The van der Waals surface area contributed by atoms with E-state index >= 15 is 0 Å². The highest BCUT2D eigenvalue weighted by Crippen LogP contribution is 2.32. The van der Waals surface area contributed by atoms with Crippen LogP contribution < -0.4 is 5.32 Å². The van der Waals surface area contributed by atoms with E-state index in [1.54, 1.807) is 17.0 Å². The molecule has 0 saturated carbocycles. The lowest BCUT2D eigenvalue weighted by molar-refractivity contribution is -0.130. The third kappa shape index (κ3) is 4.91. The molecule has 1 aromatic carbocycles. The van der Waals surface area contributed by atoms with Crippen molar-refractivity contribution in [3.8, 4) is 11.3 Å². The summed E-state index contributed by atoms with van der Waals surface area (Å²) in [7, 11) is 0. The van der Waals surface area contributed by atoms with Crippen LogP contribution in [0.5, 0.6) is 0 Å². The Morgan fingerprint density at radius 1 is 1.38 bits per heavy atom. The average molecular weight is 476 g/mol. The van der Waals surface area contributed by atoms with Gasteiger partial charge in [-0.25, -0.2) is 4.39 Å². The minimum Gasteiger partial charge on any atom is -0.355 e. The third-order valence-electron chi connectivity index (χ3n) is 5.48. The summed E-state index contributed by atoms with van der Waals surface area (Å²) in [5.74, 6) is -0.483. The Kier molecular flexibility index (Phi) is 6.71. The summed E-state index contributed by atoms with van der Waals surface area (Å²) in [4.78, 5) is 28.0. The quantitative estimate of drug-likeness (QED) is 0.672. The topological polar surface area (TPSA) is 75.4 Å². The Labute approximate surface area is 194 Å². The molecule has 3 heterocycles. The van der Waals surface area contributed by atoms with Gasteiger partial charge in [-0.15, -0.1) is 0 Å². The second-order valence-corrected chi connectivity index (χ2v) is 9.87. The number of nitrogens with zero attached hydrogens (tertiary/aromatic N) is 2. The molecule has 4 rings (SSSR count). The van der Waals surface area contributed by atoms with Crippen molar-refractivity contribution in [3.63, 3.8) is 0 Å². The van der Waals surface area contributed by atoms with Gasteiger partial charge in [0.25, 0.3) is 5.91 Å². The maximum atomic E-state index is 13.4. The van der Waals surface area contributed by atoms with Crippen molar-refractivity contribution in [1.82, 2.24) is 15.4 Å². The zero-order chi connectivity index (χ0) is 22.8. The van der Waals surface area contributed by atoms with Crippen LogP contribution in [-0.2, 0) is 4.79 Å². The molecule has 168 valence electrons. The van der Waals surface area contributed by atoms with Gasteiger partial charge in [-0.1, -0.05) is 48.4 Å². The maximum absolute atomic E-state index is 13.4. The van der Waals surface area contributed by atoms with Crippen molar-refractivity contribution in [3.05, 3.63) is 63.8 Å². The number of carbonyl (C=O) groups excluding carboxylic acids is 2. The van der Waals surface area contributed by atoms with Crippen LogP contribution in [0.1, 0.15) is 30.8 Å². The molecule has 1 N–H and O–H groups in total. The fourth-order valence-corrected chi connectivity index (χ4v) is 4.82. The van der Waals surface area contributed by atoms with Gasteiger partial charge < -0.3 is 14.7 Å².